The molecule has 3 rings (SSSR count). The standard InChI is InChI=1S/C14H16ClFN6O/c1-21-5-4-12(18-13(23)7-22-8-17-19-20-22)14(21)9-2-3-10(15)11(16)6-9/h2-3,6,8,12,14H,4-5,7H2,1H3,(H,18,23)/t12-,14-/m0/s1. The molecule has 0 unspecified atom stereocenters. The van der Waals surface area contributed by atoms with Gasteiger partial charge in [0.05, 0.1) is 11.1 Å². The number of likely N-dealkylation sites (tertiary alicyclic amines) is 1. The highest BCUT2D eigenvalue weighted by Gasteiger charge is 2.34. The van der Waals surface area contributed by atoms with Crippen LogP contribution in [0.2, 0.25) is 5.02 Å². The van der Waals surface area contributed by atoms with Crippen LogP contribution in [0.25, 0.3) is 0 Å². The summed E-state index contributed by atoms with van der Waals surface area (Å²) in [7, 11) is 1.95. The van der Waals surface area contributed by atoms with Crippen molar-refractivity contribution in [2.45, 2.75) is 25.0 Å². The van der Waals surface area contributed by atoms with Gasteiger partial charge in [-0.25, -0.2) is 9.07 Å². The predicted octanol–water partition coefficient (Wildman–Crippen LogP) is 1.03. The Hall–Kier alpha value is -2.06. The van der Waals surface area contributed by atoms with Gasteiger partial charge in [0, 0.05) is 12.6 Å². The zero-order valence-electron chi connectivity index (χ0n) is 12.5. The van der Waals surface area contributed by atoms with Crippen LogP contribution in [0.1, 0.15) is 18.0 Å². The average molecular weight is 339 g/mol. The highest BCUT2D eigenvalue weighted by molar-refractivity contribution is 6.30. The third-order valence-corrected chi connectivity index (χ3v) is 4.28. The number of hydrogen-bond donors (Lipinski definition) is 1. The molecule has 0 saturated carbocycles. The number of aromatic nitrogens is 4. The minimum Gasteiger partial charge on any atom is -0.350 e. The topological polar surface area (TPSA) is 75.9 Å². The summed E-state index contributed by atoms with van der Waals surface area (Å²) in [4.78, 5) is 14.2. The number of hydrogen-bond acceptors (Lipinski definition) is 5. The van der Waals surface area contributed by atoms with Gasteiger partial charge in [-0.1, -0.05) is 17.7 Å². The quantitative estimate of drug-likeness (QED) is 0.901. The van der Waals surface area contributed by atoms with Crippen molar-refractivity contribution in [1.82, 2.24) is 30.4 Å². The molecule has 1 N–H and O–H groups in total. The van der Waals surface area contributed by atoms with Crippen molar-refractivity contribution in [1.29, 1.82) is 0 Å². The van der Waals surface area contributed by atoms with Crippen molar-refractivity contribution in [3.63, 3.8) is 0 Å². The largest absolute Gasteiger partial charge is 0.350 e. The minimum absolute atomic E-state index is 0.0505. The first-order chi connectivity index (χ1) is 11.0. The number of carbonyl (C=O) groups excluding carboxylic acids is 1. The summed E-state index contributed by atoms with van der Waals surface area (Å²) in [5.41, 5.74) is 0.791. The third-order valence-electron chi connectivity index (χ3n) is 3.98. The Balaban J connectivity index is 1.73. The highest BCUT2D eigenvalue weighted by Crippen LogP contribution is 2.32. The summed E-state index contributed by atoms with van der Waals surface area (Å²) in [5.74, 6) is -0.639. The Bertz CT molecular complexity index is 695. The molecule has 1 saturated heterocycles. The molecule has 0 aliphatic carbocycles. The van der Waals surface area contributed by atoms with Crippen LogP contribution in [0.15, 0.2) is 24.5 Å². The lowest BCUT2D eigenvalue weighted by atomic mass is 10.00. The second-order valence-electron chi connectivity index (χ2n) is 5.57. The summed E-state index contributed by atoms with van der Waals surface area (Å²) in [6, 6.07) is 4.55. The van der Waals surface area contributed by atoms with Gasteiger partial charge in [-0.3, -0.25) is 9.69 Å². The lowest BCUT2D eigenvalue weighted by Gasteiger charge is -2.26. The molecular weight excluding hydrogens is 323 g/mol. The molecule has 122 valence electrons. The number of likely N-dealkylation sites (N-methyl/N-ethyl adjacent to an activating group) is 1. The second-order valence-corrected chi connectivity index (χ2v) is 5.98. The van der Waals surface area contributed by atoms with Crippen LogP contribution in [0, 0.1) is 5.82 Å². The van der Waals surface area contributed by atoms with E-state index in [-0.39, 0.29) is 29.6 Å². The molecule has 2 aromatic rings. The molecular formula is C14H16ClFN6O. The van der Waals surface area contributed by atoms with Crippen LogP contribution in [0.5, 0.6) is 0 Å². The van der Waals surface area contributed by atoms with Crippen LogP contribution >= 0.6 is 11.6 Å². The maximum Gasteiger partial charge on any atom is 0.242 e. The normalized spacial score (nSPS) is 21.5. The smallest absolute Gasteiger partial charge is 0.242 e. The number of benzene rings is 1. The maximum absolute atomic E-state index is 13.7. The van der Waals surface area contributed by atoms with Crippen LogP contribution in [-0.4, -0.2) is 50.6 Å². The fraction of sp³-hybridized carbons (Fsp3) is 0.429. The van der Waals surface area contributed by atoms with E-state index in [0.29, 0.717) is 0 Å². The number of amides is 1. The van der Waals surface area contributed by atoms with E-state index in [2.05, 4.69) is 25.7 Å². The van der Waals surface area contributed by atoms with Gasteiger partial charge >= 0.3 is 0 Å². The van der Waals surface area contributed by atoms with E-state index < -0.39 is 5.82 Å². The molecule has 0 radical (unpaired) electrons. The first-order valence-corrected chi connectivity index (χ1v) is 7.57. The summed E-state index contributed by atoms with van der Waals surface area (Å²) in [6.45, 7) is 0.861. The van der Waals surface area contributed by atoms with Crippen molar-refractivity contribution in [2.75, 3.05) is 13.6 Å². The zero-order chi connectivity index (χ0) is 16.4. The molecule has 1 fully saturated rings. The van der Waals surface area contributed by atoms with Crippen molar-refractivity contribution >= 4 is 17.5 Å². The van der Waals surface area contributed by atoms with Crippen LogP contribution < -0.4 is 5.32 Å². The van der Waals surface area contributed by atoms with E-state index in [1.807, 2.05) is 7.05 Å². The lowest BCUT2D eigenvalue weighted by Crippen LogP contribution is -2.40. The van der Waals surface area contributed by atoms with E-state index in [1.165, 1.54) is 17.1 Å². The number of rotatable bonds is 4. The Kier molecular flexibility index (Phi) is 4.53. The summed E-state index contributed by atoms with van der Waals surface area (Å²) < 4.78 is 15.1. The highest BCUT2D eigenvalue weighted by atomic mass is 35.5. The monoisotopic (exact) mass is 338 g/mol. The Morgan fingerprint density at radius 1 is 1.52 bits per heavy atom. The number of tetrazole rings is 1. The van der Waals surface area contributed by atoms with E-state index >= 15 is 0 Å². The van der Waals surface area contributed by atoms with Gasteiger partial charge in [0.15, 0.2) is 0 Å². The summed E-state index contributed by atoms with van der Waals surface area (Å²) in [5, 5.41) is 13.7. The van der Waals surface area contributed by atoms with E-state index in [9.17, 15) is 9.18 Å². The Morgan fingerprint density at radius 3 is 3.04 bits per heavy atom. The van der Waals surface area contributed by atoms with Gasteiger partial charge in [0.2, 0.25) is 5.91 Å². The molecule has 1 amide bonds. The molecule has 23 heavy (non-hydrogen) atoms. The van der Waals surface area contributed by atoms with Crippen LogP contribution in [0.3, 0.4) is 0 Å². The number of carbonyl (C=O) groups is 1. The molecule has 1 aromatic heterocycles. The molecule has 7 nitrogen and oxygen atoms in total. The van der Waals surface area contributed by atoms with Gasteiger partial charge in [-0.2, -0.15) is 0 Å². The van der Waals surface area contributed by atoms with Crippen molar-refractivity contribution in [2.24, 2.45) is 0 Å². The van der Waals surface area contributed by atoms with Gasteiger partial charge in [-0.15, -0.1) is 5.10 Å². The van der Waals surface area contributed by atoms with Gasteiger partial charge < -0.3 is 5.32 Å². The van der Waals surface area contributed by atoms with Crippen molar-refractivity contribution in [3.05, 3.63) is 40.9 Å². The number of nitrogens with zero attached hydrogens (tertiary/aromatic N) is 5. The Morgan fingerprint density at radius 2 is 2.35 bits per heavy atom. The molecule has 2 atom stereocenters. The third kappa shape index (κ3) is 3.48. The first-order valence-electron chi connectivity index (χ1n) is 7.20. The van der Waals surface area contributed by atoms with E-state index in [0.717, 1.165) is 18.5 Å². The maximum atomic E-state index is 13.7. The van der Waals surface area contributed by atoms with E-state index in [1.54, 1.807) is 12.1 Å². The minimum atomic E-state index is -0.455. The molecule has 0 bridgehead atoms. The van der Waals surface area contributed by atoms with Crippen molar-refractivity contribution < 1.29 is 9.18 Å². The average Bonchev–Trinajstić information content (AvgIpc) is 3.12. The van der Waals surface area contributed by atoms with E-state index in [4.69, 9.17) is 11.6 Å². The molecule has 9 heteroatoms. The molecule has 0 spiro atoms. The van der Waals surface area contributed by atoms with Gasteiger partial charge in [0.1, 0.15) is 18.7 Å². The molecule has 2 heterocycles. The summed E-state index contributed by atoms with van der Waals surface area (Å²) in [6.07, 6.45) is 2.17. The Labute approximate surface area is 137 Å². The molecule has 1 aromatic carbocycles. The first kappa shape index (κ1) is 15.8. The van der Waals surface area contributed by atoms with Crippen molar-refractivity contribution in [3.8, 4) is 0 Å². The van der Waals surface area contributed by atoms with Gasteiger partial charge in [-0.05, 0) is 41.6 Å². The predicted molar refractivity (Wildman–Crippen MR) is 81.1 cm³/mol. The van der Waals surface area contributed by atoms with Crippen LogP contribution in [0.4, 0.5) is 4.39 Å². The molecule has 1 aliphatic rings. The SMILES string of the molecule is CN1CC[C@H](NC(=O)Cn2cnnn2)[C@@H]1c1ccc(Cl)c(F)c1. The fourth-order valence-corrected chi connectivity index (χ4v) is 3.05. The second kappa shape index (κ2) is 6.59. The van der Waals surface area contributed by atoms with Gasteiger partial charge in [0.25, 0.3) is 0 Å². The lowest BCUT2D eigenvalue weighted by molar-refractivity contribution is -0.122. The zero-order valence-corrected chi connectivity index (χ0v) is 13.2. The number of halogens is 2. The summed E-state index contributed by atoms with van der Waals surface area (Å²) >= 11 is 5.74. The molecule has 1 aliphatic heterocycles. The van der Waals surface area contributed by atoms with Crippen LogP contribution in [-0.2, 0) is 11.3 Å². The number of nitrogens with one attached hydrogen (secondary N) is 1. The fourth-order valence-electron chi connectivity index (χ4n) is 2.93.